The van der Waals surface area contributed by atoms with Crippen LogP contribution in [0, 0.1) is 11.6 Å². The second-order valence-corrected chi connectivity index (χ2v) is 4.20. The van der Waals surface area contributed by atoms with E-state index >= 15 is 0 Å². The molecule has 2 aromatic rings. The second-order valence-electron chi connectivity index (χ2n) is 4.20. The Bertz CT molecular complexity index is 514. The van der Waals surface area contributed by atoms with Crippen molar-refractivity contribution in [2.45, 2.75) is 18.9 Å². The topological polar surface area (TPSA) is 38.9 Å². The first kappa shape index (κ1) is 12.6. The lowest BCUT2D eigenvalue weighted by Gasteiger charge is -2.12. The van der Waals surface area contributed by atoms with Gasteiger partial charge in [0.05, 0.1) is 0 Å². The third-order valence-electron chi connectivity index (χ3n) is 2.71. The zero-order chi connectivity index (χ0) is 13.0. The molecule has 0 amide bonds. The molecule has 0 fully saturated rings. The maximum absolute atomic E-state index is 13.5. The van der Waals surface area contributed by atoms with Crippen LogP contribution in [0.3, 0.4) is 0 Å². The van der Waals surface area contributed by atoms with E-state index in [9.17, 15) is 8.78 Å². The summed E-state index contributed by atoms with van der Waals surface area (Å²) in [6, 6.07) is 9.42. The van der Waals surface area contributed by atoms with Gasteiger partial charge in [0.25, 0.3) is 0 Å². The Kier molecular flexibility index (Phi) is 3.99. The van der Waals surface area contributed by atoms with Crippen molar-refractivity contribution in [3.8, 4) is 0 Å². The van der Waals surface area contributed by atoms with Crippen molar-refractivity contribution in [3.05, 3.63) is 65.5 Å². The summed E-state index contributed by atoms with van der Waals surface area (Å²) in [4.78, 5) is 4.15. The normalized spacial score (nSPS) is 12.4. The van der Waals surface area contributed by atoms with Crippen LogP contribution in [0.4, 0.5) is 8.78 Å². The van der Waals surface area contributed by atoms with Crippen LogP contribution in [0.1, 0.15) is 11.3 Å². The summed E-state index contributed by atoms with van der Waals surface area (Å²) in [6.07, 6.45) is 2.52. The number of pyridine rings is 1. The van der Waals surface area contributed by atoms with E-state index in [1.54, 1.807) is 12.3 Å². The summed E-state index contributed by atoms with van der Waals surface area (Å²) in [5.41, 5.74) is 7.08. The van der Waals surface area contributed by atoms with Gasteiger partial charge in [-0.3, -0.25) is 4.98 Å². The second kappa shape index (κ2) is 5.69. The largest absolute Gasteiger partial charge is 0.327 e. The van der Waals surface area contributed by atoms with Gasteiger partial charge in [-0.2, -0.15) is 0 Å². The number of benzene rings is 1. The third-order valence-corrected chi connectivity index (χ3v) is 2.71. The minimum atomic E-state index is -0.836. The summed E-state index contributed by atoms with van der Waals surface area (Å²) >= 11 is 0. The molecule has 18 heavy (non-hydrogen) atoms. The van der Waals surface area contributed by atoms with E-state index in [0.29, 0.717) is 18.4 Å². The van der Waals surface area contributed by atoms with Crippen molar-refractivity contribution in [1.82, 2.24) is 4.98 Å². The molecule has 0 saturated heterocycles. The first-order valence-corrected chi connectivity index (χ1v) is 5.75. The molecule has 0 aliphatic rings. The molecule has 2 rings (SSSR count). The minimum absolute atomic E-state index is 0.281. The lowest BCUT2D eigenvalue weighted by molar-refractivity contribution is 0.492. The molecule has 0 radical (unpaired) electrons. The van der Waals surface area contributed by atoms with Crippen molar-refractivity contribution in [1.29, 1.82) is 0 Å². The Morgan fingerprint density at radius 1 is 1.06 bits per heavy atom. The summed E-state index contributed by atoms with van der Waals surface area (Å²) < 4.78 is 26.5. The lowest BCUT2D eigenvalue weighted by atomic mass is 10.0. The first-order chi connectivity index (χ1) is 8.66. The number of nitrogens with zero attached hydrogens (tertiary/aromatic N) is 1. The molecule has 94 valence electrons. The van der Waals surface area contributed by atoms with Crippen LogP contribution in [0.25, 0.3) is 0 Å². The summed E-state index contributed by atoms with van der Waals surface area (Å²) in [7, 11) is 0. The lowest BCUT2D eigenvalue weighted by Crippen LogP contribution is -2.26. The molecule has 4 heteroatoms. The highest BCUT2D eigenvalue weighted by atomic mass is 19.2. The molecule has 0 spiro atoms. The SMILES string of the molecule is NC(Cc1ccccn1)Cc1cccc(F)c1F. The van der Waals surface area contributed by atoms with Crippen LogP contribution < -0.4 is 5.73 Å². The Labute approximate surface area is 104 Å². The van der Waals surface area contributed by atoms with Crippen molar-refractivity contribution in [2.24, 2.45) is 5.73 Å². The van der Waals surface area contributed by atoms with Crippen LogP contribution in [-0.2, 0) is 12.8 Å². The average Bonchev–Trinajstić information content (AvgIpc) is 2.36. The number of nitrogens with two attached hydrogens (primary N) is 1. The predicted octanol–water partition coefficient (Wildman–Crippen LogP) is 2.47. The Balaban J connectivity index is 2.03. The highest BCUT2D eigenvalue weighted by Crippen LogP contribution is 2.13. The fourth-order valence-corrected chi connectivity index (χ4v) is 1.85. The maximum Gasteiger partial charge on any atom is 0.162 e. The zero-order valence-electron chi connectivity index (χ0n) is 9.81. The van der Waals surface area contributed by atoms with E-state index in [-0.39, 0.29) is 6.04 Å². The van der Waals surface area contributed by atoms with Crippen molar-refractivity contribution >= 4 is 0 Å². The van der Waals surface area contributed by atoms with E-state index in [1.807, 2.05) is 18.2 Å². The molecule has 2 nitrogen and oxygen atoms in total. The molecular weight excluding hydrogens is 234 g/mol. The van der Waals surface area contributed by atoms with E-state index < -0.39 is 11.6 Å². The Hall–Kier alpha value is -1.81. The molecule has 0 aliphatic carbocycles. The van der Waals surface area contributed by atoms with Gasteiger partial charge in [-0.05, 0) is 30.2 Å². The maximum atomic E-state index is 13.5. The summed E-state index contributed by atoms with van der Waals surface area (Å²) in [5, 5.41) is 0. The Morgan fingerprint density at radius 3 is 2.61 bits per heavy atom. The fourth-order valence-electron chi connectivity index (χ4n) is 1.85. The van der Waals surface area contributed by atoms with Crippen LogP contribution >= 0.6 is 0 Å². The number of rotatable bonds is 4. The van der Waals surface area contributed by atoms with Gasteiger partial charge in [0.2, 0.25) is 0 Å². The molecule has 1 unspecified atom stereocenters. The number of hydrogen-bond acceptors (Lipinski definition) is 2. The summed E-state index contributed by atoms with van der Waals surface area (Å²) in [6.45, 7) is 0. The van der Waals surface area contributed by atoms with Crippen molar-refractivity contribution < 1.29 is 8.78 Å². The highest BCUT2D eigenvalue weighted by Gasteiger charge is 2.12. The first-order valence-electron chi connectivity index (χ1n) is 5.75. The van der Waals surface area contributed by atoms with Crippen molar-refractivity contribution in [2.75, 3.05) is 0 Å². The molecule has 1 heterocycles. The molecule has 1 aromatic carbocycles. The molecular formula is C14H14F2N2. The van der Waals surface area contributed by atoms with Crippen LogP contribution in [0.5, 0.6) is 0 Å². The fraction of sp³-hybridized carbons (Fsp3) is 0.214. The van der Waals surface area contributed by atoms with Crippen LogP contribution in [-0.4, -0.2) is 11.0 Å². The van der Waals surface area contributed by atoms with E-state index in [2.05, 4.69) is 4.98 Å². The van der Waals surface area contributed by atoms with E-state index in [0.717, 1.165) is 11.8 Å². The van der Waals surface area contributed by atoms with E-state index in [1.165, 1.54) is 6.07 Å². The summed E-state index contributed by atoms with van der Waals surface area (Å²) in [5.74, 6) is -1.65. The van der Waals surface area contributed by atoms with Crippen molar-refractivity contribution in [3.63, 3.8) is 0 Å². The predicted molar refractivity (Wildman–Crippen MR) is 66.0 cm³/mol. The van der Waals surface area contributed by atoms with Gasteiger partial charge in [-0.25, -0.2) is 8.78 Å². The third kappa shape index (κ3) is 3.11. The highest BCUT2D eigenvalue weighted by molar-refractivity contribution is 5.20. The number of aromatic nitrogens is 1. The van der Waals surface area contributed by atoms with Crippen LogP contribution in [0.15, 0.2) is 42.6 Å². The van der Waals surface area contributed by atoms with Gasteiger partial charge < -0.3 is 5.73 Å². The van der Waals surface area contributed by atoms with Gasteiger partial charge in [0, 0.05) is 24.4 Å². The minimum Gasteiger partial charge on any atom is -0.327 e. The van der Waals surface area contributed by atoms with E-state index in [4.69, 9.17) is 5.73 Å². The zero-order valence-corrected chi connectivity index (χ0v) is 9.81. The van der Waals surface area contributed by atoms with Crippen LogP contribution in [0.2, 0.25) is 0 Å². The molecule has 0 bridgehead atoms. The van der Waals surface area contributed by atoms with Gasteiger partial charge in [0.15, 0.2) is 11.6 Å². The Morgan fingerprint density at radius 2 is 1.89 bits per heavy atom. The number of hydrogen-bond donors (Lipinski definition) is 1. The number of halogens is 2. The monoisotopic (exact) mass is 248 g/mol. The molecule has 2 N–H and O–H groups in total. The standard InChI is InChI=1S/C14H14F2N2/c15-13-6-3-4-10(14(13)16)8-11(17)9-12-5-1-2-7-18-12/h1-7,11H,8-9,17H2. The molecule has 0 aliphatic heterocycles. The smallest absolute Gasteiger partial charge is 0.162 e. The van der Waals surface area contributed by atoms with Gasteiger partial charge >= 0.3 is 0 Å². The molecule has 0 saturated carbocycles. The molecule has 1 aromatic heterocycles. The van der Waals surface area contributed by atoms with Gasteiger partial charge in [-0.1, -0.05) is 18.2 Å². The molecule has 1 atom stereocenters. The van der Waals surface area contributed by atoms with Gasteiger partial charge in [-0.15, -0.1) is 0 Å². The average molecular weight is 248 g/mol. The quantitative estimate of drug-likeness (QED) is 0.902. The van der Waals surface area contributed by atoms with Gasteiger partial charge in [0.1, 0.15) is 0 Å².